The summed E-state index contributed by atoms with van der Waals surface area (Å²) < 4.78 is 11.6. The minimum atomic E-state index is -0.00181. The maximum atomic E-state index is 12.2. The van der Waals surface area contributed by atoms with E-state index in [0.717, 1.165) is 45.6 Å². The number of rotatable bonds is 3. The van der Waals surface area contributed by atoms with Crippen LogP contribution in [0.15, 0.2) is 0 Å². The molecule has 0 bridgehead atoms. The molecule has 2 rings (SSSR count). The van der Waals surface area contributed by atoms with Crippen molar-refractivity contribution < 1.29 is 14.3 Å². The van der Waals surface area contributed by atoms with Gasteiger partial charge in [-0.15, -0.1) is 0 Å². The maximum absolute atomic E-state index is 12.2. The molecule has 0 N–H and O–H groups in total. The Morgan fingerprint density at radius 2 is 2.32 bits per heavy atom. The van der Waals surface area contributed by atoms with E-state index in [-0.39, 0.29) is 17.6 Å². The standard InChI is InChI=1S/C14H26N2O3/c1-4-18-11-14-7-5-9-19-12(14)6-8-16(10-14)13(17)15(2)3/h12H,4-11H2,1-3H3/t12-,14+/m0/s1. The number of urea groups is 1. The van der Waals surface area contributed by atoms with Crippen LogP contribution in [0.2, 0.25) is 0 Å². The number of carbonyl (C=O) groups excluding carboxylic acids is 1. The lowest BCUT2D eigenvalue weighted by atomic mass is 9.73. The van der Waals surface area contributed by atoms with E-state index in [1.54, 1.807) is 19.0 Å². The van der Waals surface area contributed by atoms with Gasteiger partial charge >= 0.3 is 6.03 Å². The van der Waals surface area contributed by atoms with E-state index in [1.807, 2.05) is 11.8 Å². The number of amides is 2. The summed E-state index contributed by atoms with van der Waals surface area (Å²) in [5, 5.41) is 0. The topological polar surface area (TPSA) is 42.0 Å². The third kappa shape index (κ3) is 3.03. The van der Waals surface area contributed by atoms with E-state index in [0.29, 0.717) is 6.61 Å². The zero-order chi connectivity index (χ0) is 13.9. The lowest BCUT2D eigenvalue weighted by Crippen LogP contribution is -2.59. The number of likely N-dealkylation sites (tertiary alicyclic amines) is 1. The summed E-state index contributed by atoms with van der Waals surface area (Å²) in [6.45, 7) is 5.83. The number of carbonyl (C=O) groups is 1. The highest BCUT2D eigenvalue weighted by Gasteiger charge is 2.47. The van der Waals surface area contributed by atoms with Crippen LogP contribution >= 0.6 is 0 Å². The minimum Gasteiger partial charge on any atom is -0.381 e. The van der Waals surface area contributed by atoms with Crippen LogP contribution < -0.4 is 0 Å². The Hall–Kier alpha value is -0.810. The van der Waals surface area contributed by atoms with E-state index >= 15 is 0 Å². The molecule has 2 amide bonds. The van der Waals surface area contributed by atoms with Gasteiger partial charge in [0.25, 0.3) is 0 Å². The Bertz CT molecular complexity index is 322. The quantitative estimate of drug-likeness (QED) is 0.782. The van der Waals surface area contributed by atoms with E-state index < -0.39 is 0 Å². The van der Waals surface area contributed by atoms with Gasteiger partial charge in [-0.25, -0.2) is 4.79 Å². The molecular formula is C14H26N2O3. The zero-order valence-electron chi connectivity index (χ0n) is 12.4. The Morgan fingerprint density at radius 3 is 3.00 bits per heavy atom. The van der Waals surface area contributed by atoms with Gasteiger partial charge in [-0.2, -0.15) is 0 Å². The predicted octanol–water partition coefficient (Wildman–Crippen LogP) is 1.58. The van der Waals surface area contributed by atoms with Crippen molar-refractivity contribution in [3.8, 4) is 0 Å². The molecule has 0 spiro atoms. The molecule has 0 radical (unpaired) electrons. The first kappa shape index (κ1) is 14.6. The van der Waals surface area contributed by atoms with Gasteiger partial charge in [0.1, 0.15) is 0 Å². The van der Waals surface area contributed by atoms with Gasteiger partial charge in [-0.05, 0) is 26.2 Å². The van der Waals surface area contributed by atoms with Crippen molar-refractivity contribution in [1.29, 1.82) is 0 Å². The van der Waals surface area contributed by atoms with Crippen LogP contribution in [0, 0.1) is 5.41 Å². The first-order valence-corrected chi connectivity index (χ1v) is 7.24. The number of hydrogen-bond donors (Lipinski definition) is 0. The first-order valence-electron chi connectivity index (χ1n) is 7.24. The van der Waals surface area contributed by atoms with Crippen LogP contribution in [0.3, 0.4) is 0 Å². The highest BCUT2D eigenvalue weighted by molar-refractivity contribution is 5.74. The Kier molecular flexibility index (Phi) is 4.68. The van der Waals surface area contributed by atoms with Gasteiger partial charge in [-0.1, -0.05) is 0 Å². The zero-order valence-corrected chi connectivity index (χ0v) is 12.4. The lowest BCUT2D eigenvalue weighted by molar-refractivity contribution is -0.146. The third-order valence-corrected chi connectivity index (χ3v) is 4.23. The summed E-state index contributed by atoms with van der Waals surface area (Å²) in [5.41, 5.74) is -0.00181. The predicted molar refractivity (Wildman–Crippen MR) is 73.2 cm³/mol. The summed E-state index contributed by atoms with van der Waals surface area (Å²) in [6, 6.07) is 0.0971. The molecule has 2 aliphatic rings. The molecule has 2 heterocycles. The molecule has 2 saturated heterocycles. The molecular weight excluding hydrogens is 244 g/mol. The number of fused-ring (bicyclic) bond motifs is 1. The normalized spacial score (nSPS) is 30.9. The summed E-state index contributed by atoms with van der Waals surface area (Å²) in [4.78, 5) is 15.8. The van der Waals surface area contributed by atoms with Crippen molar-refractivity contribution in [2.24, 2.45) is 5.41 Å². The van der Waals surface area contributed by atoms with Crippen LogP contribution in [0.1, 0.15) is 26.2 Å². The number of piperidine rings is 1. The molecule has 2 aliphatic heterocycles. The monoisotopic (exact) mass is 270 g/mol. The van der Waals surface area contributed by atoms with Gasteiger partial charge in [0, 0.05) is 45.8 Å². The minimum absolute atomic E-state index is 0.00181. The van der Waals surface area contributed by atoms with Crippen molar-refractivity contribution >= 4 is 6.03 Å². The molecule has 0 aliphatic carbocycles. The second-order valence-corrected chi connectivity index (χ2v) is 5.85. The molecule has 2 atom stereocenters. The van der Waals surface area contributed by atoms with Gasteiger partial charge in [0.05, 0.1) is 12.7 Å². The van der Waals surface area contributed by atoms with Crippen molar-refractivity contribution in [3.05, 3.63) is 0 Å². The van der Waals surface area contributed by atoms with E-state index in [1.165, 1.54) is 0 Å². The van der Waals surface area contributed by atoms with E-state index in [4.69, 9.17) is 9.47 Å². The fraction of sp³-hybridized carbons (Fsp3) is 0.929. The van der Waals surface area contributed by atoms with Crippen LogP contribution in [-0.2, 0) is 9.47 Å². The van der Waals surface area contributed by atoms with Crippen LogP contribution in [-0.4, -0.2) is 68.9 Å². The van der Waals surface area contributed by atoms with Crippen molar-refractivity contribution in [2.45, 2.75) is 32.3 Å². The Morgan fingerprint density at radius 1 is 1.53 bits per heavy atom. The summed E-state index contributed by atoms with van der Waals surface area (Å²) in [6.07, 6.45) is 3.33. The SMILES string of the molecule is CCOC[C@]12CCCO[C@H]1CCN(C(=O)N(C)C)C2. The summed E-state index contributed by atoms with van der Waals surface area (Å²) in [5.74, 6) is 0. The highest BCUT2D eigenvalue weighted by atomic mass is 16.5. The molecule has 110 valence electrons. The third-order valence-electron chi connectivity index (χ3n) is 4.23. The fourth-order valence-corrected chi connectivity index (χ4v) is 3.25. The van der Waals surface area contributed by atoms with E-state index in [9.17, 15) is 4.79 Å². The molecule has 0 aromatic carbocycles. The van der Waals surface area contributed by atoms with Crippen LogP contribution in [0.5, 0.6) is 0 Å². The molecule has 0 unspecified atom stereocenters. The average Bonchev–Trinajstić information content (AvgIpc) is 2.43. The second kappa shape index (κ2) is 6.09. The first-order chi connectivity index (χ1) is 9.09. The second-order valence-electron chi connectivity index (χ2n) is 5.85. The average molecular weight is 270 g/mol. The molecule has 0 aromatic rings. The number of hydrogen-bond acceptors (Lipinski definition) is 3. The van der Waals surface area contributed by atoms with Crippen molar-refractivity contribution in [2.75, 3.05) is 47.0 Å². The number of ether oxygens (including phenoxy) is 2. The largest absolute Gasteiger partial charge is 0.381 e. The van der Waals surface area contributed by atoms with Crippen molar-refractivity contribution in [1.82, 2.24) is 9.80 Å². The summed E-state index contributed by atoms with van der Waals surface area (Å²) >= 11 is 0. The van der Waals surface area contributed by atoms with Gasteiger partial charge in [0.2, 0.25) is 0 Å². The lowest BCUT2D eigenvalue weighted by Gasteiger charge is -2.50. The van der Waals surface area contributed by atoms with E-state index in [2.05, 4.69) is 0 Å². The highest BCUT2D eigenvalue weighted by Crippen LogP contribution is 2.40. The smallest absolute Gasteiger partial charge is 0.319 e. The fourth-order valence-electron chi connectivity index (χ4n) is 3.25. The Balaban J connectivity index is 2.09. The van der Waals surface area contributed by atoms with Gasteiger partial charge in [0.15, 0.2) is 0 Å². The molecule has 5 nitrogen and oxygen atoms in total. The van der Waals surface area contributed by atoms with Gasteiger partial charge in [-0.3, -0.25) is 0 Å². The molecule has 0 saturated carbocycles. The van der Waals surface area contributed by atoms with Crippen molar-refractivity contribution in [3.63, 3.8) is 0 Å². The number of nitrogens with zero attached hydrogens (tertiary/aromatic N) is 2. The summed E-state index contributed by atoms with van der Waals surface area (Å²) in [7, 11) is 3.61. The van der Waals surface area contributed by atoms with Gasteiger partial charge < -0.3 is 19.3 Å². The molecule has 5 heteroatoms. The Labute approximate surface area is 115 Å². The molecule has 19 heavy (non-hydrogen) atoms. The van der Waals surface area contributed by atoms with Crippen LogP contribution in [0.4, 0.5) is 4.79 Å². The maximum Gasteiger partial charge on any atom is 0.319 e. The van der Waals surface area contributed by atoms with Crippen LogP contribution in [0.25, 0.3) is 0 Å². The molecule has 0 aromatic heterocycles. The molecule has 2 fully saturated rings.